The second kappa shape index (κ2) is 6.04. The maximum atomic E-state index is 13.6. The molecule has 0 radical (unpaired) electrons. The zero-order valence-corrected chi connectivity index (χ0v) is 13.9. The van der Waals surface area contributed by atoms with Gasteiger partial charge in [-0.15, -0.1) is 0 Å². The number of nitrogens with zero attached hydrogens (tertiary/aromatic N) is 1. The molecule has 1 unspecified atom stereocenters. The molecule has 0 bridgehead atoms. The van der Waals surface area contributed by atoms with Crippen molar-refractivity contribution in [3.8, 4) is 0 Å². The summed E-state index contributed by atoms with van der Waals surface area (Å²) < 4.78 is 13.6. The van der Waals surface area contributed by atoms with Crippen molar-refractivity contribution in [2.24, 2.45) is 0 Å². The lowest BCUT2D eigenvalue weighted by atomic mass is 10.1. The third kappa shape index (κ3) is 2.93. The van der Waals surface area contributed by atoms with Crippen LogP contribution in [-0.4, -0.2) is 24.4 Å². The van der Waals surface area contributed by atoms with E-state index in [2.05, 4.69) is 10.6 Å². The van der Waals surface area contributed by atoms with Crippen molar-refractivity contribution < 1.29 is 14.0 Å². The SMILES string of the molecule is O=C1Cc2cc(NC3CCN(c4ccc(Cl)c(F)c4)C3=O)ccc2N1. The molecule has 4 rings (SSSR count). The molecule has 0 aromatic heterocycles. The second-order valence-electron chi connectivity index (χ2n) is 6.17. The molecule has 2 aromatic carbocycles. The van der Waals surface area contributed by atoms with Crippen LogP contribution >= 0.6 is 11.6 Å². The monoisotopic (exact) mass is 359 g/mol. The fourth-order valence-corrected chi connectivity index (χ4v) is 3.36. The summed E-state index contributed by atoms with van der Waals surface area (Å²) >= 11 is 5.70. The number of hydrogen-bond acceptors (Lipinski definition) is 3. The van der Waals surface area contributed by atoms with Crippen molar-refractivity contribution in [1.29, 1.82) is 0 Å². The van der Waals surface area contributed by atoms with Crippen molar-refractivity contribution in [2.75, 3.05) is 22.1 Å². The van der Waals surface area contributed by atoms with E-state index in [4.69, 9.17) is 11.6 Å². The van der Waals surface area contributed by atoms with Crippen LogP contribution in [0.1, 0.15) is 12.0 Å². The number of anilines is 3. The molecule has 2 N–H and O–H groups in total. The van der Waals surface area contributed by atoms with Crippen LogP contribution in [0.2, 0.25) is 5.02 Å². The standard InChI is InChI=1S/C18H15ClFN3O2/c19-13-3-2-12(9-14(13)20)23-6-5-16(18(23)25)21-11-1-4-15-10(7-11)8-17(24)22-15/h1-4,7,9,16,21H,5-6,8H2,(H,22,24). The van der Waals surface area contributed by atoms with Crippen molar-refractivity contribution in [3.05, 3.63) is 52.8 Å². The van der Waals surface area contributed by atoms with Crippen LogP contribution < -0.4 is 15.5 Å². The van der Waals surface area contributed by atoms with Gasteiger partial charge in [0, 0.05) is 23.6 Å². The number of rotatable bonds is 3. The van der Waals surface area contributed by atoms with Crippen LogP contribution in [0.5, 0.6) is 0 Å². The summed E-state index contributed by atoms with van der Waals surface area (Å²) in [5.74, 6) is -0.685. The predicted molar refractivity (Wildman–Crippen MR) is 94.6 cm³/mol. The highest BCUT2D eigenvalue weighted by molar-refractivity contribution is 6.30. The normalized spacial score (nSPS) is 19.1. The average molecular weight is 360 g/mol. The van der Waals surface area contributed by atoms with Crippen LogP contribution in [0.3, 0.4) is 0 Å². The van der Waals surface area contributed by atoms with E-state index in [-0.39, 0.29) is 22.9 Å². The number of amides is 2. The maximum absolute atomic E-state index is 13.6. The summed E-state index contributed by atoms with van der Waals surface area (Å²) in [5, 5.41) is 6.02. The molecule has 1 fully saturated rings. The Morgan fingerprint density at radius 3 is 2.84 bits per heavy atom. The van der Waals surface area contributed by atoms with Gasteiger partial charge in [0.15, 0.2) is 0 Å². The Balaban J connectivity index is 1.50. The van der Waals surface area contributed by atoms with Crippen LogP contribution in [0, 0.1) is 5.82 Å². The fourth-order valence-electron chi connectivity index (χ4n) is 3.24. The molecule has 1 saturated heterocycles. The third-order valence-corrected chi connectivity index (χ3v) is 4.80. The smallest absolute Gasteiger partial charge is 0.249 e. The molecule has 0 aliphatic carbocycles. The molecule has 0 spiro atoms. The third-order valence-electron chi connectivity index (χ3n) is 4.49. The van der Waals surface area contributed by atoms with Gasteiger partial charge in [-0.3, -0.25) is 9.59 Å². The summed E-state index contributed by atoms with van der Waals surface area (Å²) in [5.41, 5.74) is 3.02. The Hall–Kier alpha value is -2.60. The molecule has 1 atom stereocenters. The van der Waals surface area contributed by atoms with Gasteiger partial charge < -0.3 is 15.5 Å². The van der Waals surface area contributed by atoms with Gasteiger partial charge in [-0.05, 0) is 48.4 Å². The number of nitrogens with one attached hydrogen (secondary N) is 2. The molecule has 2 aliphatic rings. The van der Waals surface area contributed by atoms with Gasteiger partial charge in [-0.2, -0.15) is 0 Å². The van der Waals surface area contributed by atoms with E-state index in [9.17, 15) is 14.0 Å². The summed E-state index contributed by atoms with van der Waals surface area (Å²) in [7, 11) is 0. The summed E-state index contributed by atoms with van der Waals surface area (Å²) in [6.45, 7) is 0.503. The largest absolute Gasteiger partial charge is 0.374 e. The summed E-state index contributed by atoms with van der Waals surface area (Å²) in [4.78, 5) is 25.6. The summed E-state index contributed by atoms with van der Waals surface area (Å²) in [6.07, 6.45) is 0.955. The number of carbonyl (C=O) groups excluding carboxylic acids is 2. The Morgan fingerprint density at radius 1 is 1.20 bits per heavy atom. The lowest BCUT2D eigenvalue weighted by Crippen LogP contribution is -2.33. The Labute approximate surface area is 148 Å². The second-order valence-corrected chi connectivity index (χ2v) is 6.58. The van der Waals surface area contributed by atoms with Gasteiger partial charge >= 0.3 is 0 Å². The molecule has 128 valence electrons. The molecule has 0 saturated carbocycles. The van der Waals surface area contributed by atoms with E-state index in [1.165, 1.54) is 12.1 Å². The quantitative estimate of drug-likeness (QED) is 0.884. The highest BCUT2D eigenvalue weighted by atomic mass is 35.5. The molecule has 5 nitrogen and oxygen atoms in total. The molecule has 2 aliphatic heterocycles. The predicted octanol–water partition coefficient (Wildman–Crippen LogP) is 3.19. The van der Waals surface area contributed by atoms with Gasteiger partial charge in [-0.1, -0.05) is 11.6 Å². The van der Waals surface area contributed by atoms with E-state index in [1.807, 2.05) is 18.2 Å². The van der Waals surface area contributed by atoms with Gasteiger partial charge in [0.25, 0.3) is 0 Å². The van der Waals surface area contributed by atoms with Crippen LogP contribution in [0.15, 0.2) is 36.4 Å². The molecular formula is C18H15ClFN3O2. The van der Waals surface area contributed by atoms with Crippen LogP contribution in [-0.2, 0) is 16.0 Å². The van der Waals surface area contributed by atoms with Crippen LogP contribution in [0.4, 0.5) is 21.5 Å². The van der Waals surface area contributed by atoms with Crippen molar-refractivity contribution in [1.82, 2.24) is 0 Å². The number of carbonyl (C=O) groups is 2. The van der Waals surface area contributed by atoms with E-state index >= 15 is 0 Å². The van der Waals surface area contributed by atoms with Crippen LogP contribution in [0.25, 0.3) is 0 Å². The van der Waals surface area contributed by atoms with E-state index in [0.717, 1.165) is 16.9 Å². The highest BCUT2D eigenvalue weighted by Crippen LogP contribution is 2.29. The minimum Gasteiger partial charge on any atom is -0.374 e. The number of halogens is 2. The lowest BCUT2D eigenvalue weighted by Gasteiger charge is -2.18. The topological polar surface area (TPSA) is 61.4 Å². The number of benzene rings is 2. The highest BCUT2D eigenvalue weighted by Gasteiger charge is 2.33. The van der Waals surface area contributed by atoms with Crippen molar-refractivity contribution in [2.45, 2.75) is 18.9 Å². The average Bonchev–Trinajstić information content (AvgIpc) is 3.12. The number of fused-ring (bicyclic) bond motifs is 1. The summed E-state index contributed by atoms with van der Waals surface area (Å²) in [6, 6.07) is 9.52. The zero-order chi connectivity index (χ0) is 17.6. The zero-order valence-electron chi connectivity index (χ0n) is 13.2. The first-order chi connectivity index (χ1) is 12.0. The molecule has 2 amide bonds. The first-order valence-corrected chi connectivity index (χ1v) is 8.35. The van der Waals surface area contributed by atoms with Gasteiger partial charge in [0.05, 0.1) is 11.4 Å². The molecule has 2 heterocycles. The molecular weight excluding hydrogens is 345 g/mol. The number of hydrogen-bond donors (Lipinski definition) is 2. The van der Waals surface area contributed by atoms with E-state index in [1.54, 1.807) is 11.0 Å². The van der Waals surface area contributed by atoms with Gasteiger partial charge in [0.2, 0.25) is 11.8 Å². The fraction of sp³-hybridized carbons (Fsp3) is 0.222. The van der Waals surface area contributed by atoms with E-state index in [0.29, 0.717) is 25.1 Å². The van der Waals surface area contributed by atoms with Crippen molar-refractivity contribution >= 4 is 40.5 Å². The maximum Gasteiger partial charge on any atom is 0.249 e. The van der Waals surface area contributed by atoms with Gasteiger partial charge in [-0.25, -0.2) is 4.39 Å². The first kappa shape index (κ1) is 15.9. The lowest BCUT2D eigenvalue weighted by molar-refractivity contribution is -0.117. The Kier molecular flexibility index (Phi) is 3.84. The Morgan fingerprint density at radius 2 is 2.04 bits per heavy atom. The van der Waals surface area contributed by atoms with Crippen molar-refractivity contribution in [3.63, 3.8) is 0 Å². The first-order valence-electron chi connectivity index (χ1n) is 7.97. The molecule has 25 heavy (non-hydrogen) atoms. The van der Waals surface area contributed by atoms with E-state index < -0.39 is 5.82 Å². The minimum atomic E-state index is -0.542. The van der Waals surface area contributed by atoms with Gasteiger partial charge in [0.1, 0.15) is 11.9 Å². The minimum absolute atomic E-state index is 0.0277. The molecule has 7 heteroatoms. The molecule has 2 aromatic rings. The Bertz CT molecular complexity index is 887.